The van der Waals surface area contributed by atoms with E-state index in [0.29, 0.717) is 29.1 Å². The Hall–Kier alpha value is -2.57. The first-order valence-corrected chi connectivity index (χ1v) is 9.77. The van der Waals surface area contributed by atoms with Crippen LogP contribution in [-0.4, -0.2) is 26.4 Å². The lowest BCUT2D eigenvalue weighted by Crippen LogP contribution is -2.24. The number of hydrogen-bond acceptors (Lipinski definition) is 4. The van der Waals surface area contributed by atoms with Crippen molar-refractivity contribution < 1.29 is 4.79 Å². The molecule has 0 radical (unpaired) electrons. The maximum atomic E-state index is 12.2. The van der Waals surface area contributed by atoms with Crippen molar-refractivity contribution in [2.75, 3.05) is 5.75 Å². The lowest BCUT2D eigenvalue weighted by molar-refractivity contribution is -0.118. The van der Waals surface area contributed by atoms with Crippen LogP contribution >= 0.6 is 23.4 Å². The van der Waals surface area contributed by atoms with Crippen molar-refractivity contribution in [2.24, 2.45) is 0 Å². The van der Waals surface area contributed by atoms with Crippen LogP contribution in [0.5, 0.6) is 0 Å². The highest BCUT2D eigenvalue weighted by Crippen LogP contribution is 2.25. The number of halogens is 1. The van der Waals surface area contributed by atoms with Gasteiger partial charge in [-0.15, -0.1) is 16.8 Å². The molecule has 0 aliphatic carbocycles. The van der Waals surface area contributed by atoms with Crippen LogP contribution in [0.15, 0.2) is 72.4 Å². The van der Waals surface area contributed by atoms with Crippen LogP contribution in [0.1, 0.15) is 5.56 Å². The SMILES string of the molecule is C=CCn1c(SCC(=O)NCc2ccccc2)nnc1-c1cccc(Cl)c1. The molecule has 1 aromatic heterocycles. The number of benzene rings is 2. The fraction of sp³-hybridized carbons (Fsp3) is 0.150. The van der Waals surface area contributed by atoms with Crippen LogP contribution in [0.25, 0.3) is 11.4 Å². The predicted octanol–water partition coefficient (Wildman–Crippen LogP) is 4.19. The van der Waals surface area contributed by atoms with Crippen LogP contribution in [-0.2, 0) is 17.9 Å². The van der Waals surface area contributed by atoms with Crippen molar-refractivity contribution in [3.05, 3.63) is 77.8 Å². The van der Waals surface area contributed by atoms with E-state index in [2.05, 4.69) is 22.1 Å². The molecule has 1 heterocycles. The Morgan fingerprint density at radius 3 is 2.74 bits per heavy atom. The van der Waals surface area contributed by atoms with Gasteiger partial charge in [-0.3, -0.25) is 9.36 Å². The standard InChI is InChI=1S/C20H19ClN4OS/c1-2-11-25-19(16-9-6-10-17(21)12-16)23-24-20(25)27-14-18(26)22-13-15-7-4-3-5-8-15/h2-10,12H,1,11,13-14H2,(H,22,26). The minimum Gasteiger partial charge on any atom is -0.351 e. The number of carbonyl (C=O) groups excluding carboxylic acids is 1. The topological polar surface area (TPSA) is 59.8 Å². The minimum atomic E-state index is -0.0543. The number of aromatic nitrogens is 3. The molecule has 5 nitrogen and oxygen atoms in total. The van der Waals surface area contributed by atoms with Gasteiger partial charge in [-0.2, -0.15) is 0 Å². The molecule has 1 N–H and O–H groups in total. The third-order valence-corrected chi connectivity index (χ3v) is 4.98. The van der Waals surface area contributed by atoms with Crippen molar-refractivity contribution in [3.63, 3.8) is 0 Å². The maximum Gasteiger partial charge on any atom is 0.230 e. The second kappa shape index (κ2) is 9.39. The minimum absolute atomic E-state index is 0.0543. The Morgan fingerprint density at radius 1 is 1.19 bits per heavy atom. The summed E-state index contributed by atoms with van der Waals surface area (Å²) in [4.78, 5) is 12.2. The van der Waals surface area contributed by atoms with Gasteiger partial charge in [-0.25, -0.2) is 0 Å². The second-order valence-corrected chi connectivity index (χ2v) is 7.15. The third kappa shape index (κ3) is 5.21. The zero-order valence-corrected chi connectivity index (χ0v) is 16.2. The van der Waals surface area contributed by atoms with E-state index in [-0.39, 0.29) is 11.7 Å². The molecule has 27 heavy (non-hydrogen) atoms. The van der Waals surface area contributed by atoms with Crippen molar-refractivity contribution in [1.82, 2.24) is 20.1 Å². The number of allylic oxidation sites excluding steroid dienone is 1. The molecule has 0 spiro atoms. The van der Waals surface area contributed by atoms with Crippen molar-refractivity contribution in [3.8, 4) is 11.4 Å². The van der Waals surface area contributed by atoms with Gasteiger partial charge in [0.05, 0.1) is 5.75 Å². The number of hydrogen-bond donors (Lipinski definition) is 1. The Bertz CT molecular complexity index is 927. The van der Waals surface area contributed by atoms with E-state index in [1.165, 1.54) is 11.8 Å². The Balaban J connectivity index is 1.66. The Morgan fingerprint density at radius 2 is 2.00 bits per heavy atom. The fourth-order valence-electron chi connectivity index (χ4n) is 2.51. The van der Waals surface area contributed by atoms with E-state index in [1.54, 1.807) is 6.08 Å². The number of nitrogens with zero attached hydrogens (tertiary/aromatic N) is 3. The largest absolute Gasteiger partial charge is 0.351 e. The van der Waals surface area contributed by atoms with E-state index in [0.717, 1.165) is 11.1 Å². The lowest BCUT2D eigenvalue weighted by atomic mass is 10.2. The van der Waals surface area contributed by atoms with Crippen LogP contribution in [0.3, 0.4) is 0 Å². The second-order valence-electron chi connectivity index (χ2n) is 5.77. The van der Waals surface area contributed by atoms with Gasteiger partial charge >= 0.3 is 0 Å². The van der Waals surface area contributed by atoms with Gasteiger partial charge in [0.15, 0.2) is 11.0 Å². The van der Waals surface area contributed by atoms with E-state index >= 15 is 0 Å². The molecular weight excluding hydrogens is 380 g/mol. The van der Waals surface area contributed by atoms with Crippen LogP contribution in [0.2, 0.25) is 5.02 Å². The van der Waals surface area contributed by atoms with Gasteiger partial charge in [0.1, 0.15) is 0 Å². The van der Waals surface area contributed by atoms with Gasteiger partial charge in [0.25, 0.3) is 0 Å². The molecule has 7 heteroatoms. The van der Waals surface area contributed by atoms with E-state index in [9.17, 15) is 4.79 Å². The monoisotopic (exact) mass is 398 g/mol. The smallest absolute Gasteiger partial charge is 0.230 e. The first-order chi connectivity index (χ1) is 13.2. The average molecular weight is 399 g/mol. The highest BCUT2D eigenvalue weighted by Gasteiger charge is 2.15. The summed E-state index contributed by atoms with van der Waals surface area (Å²) in [6.45, 7) is 4.85. The quantitative estimate of drug-likeness (QED) is 0.456. The molecule has 0 saturated heterocycles. The van der Waals surface area contributed by atoms with Gasteiger partial charge in [0.2, 0.25) is 5.91 Å². The molecule has 0 aliphatic heterocycles. The molecular formula is C20H19ClN4OS. The number of nitrogens with one attached hydrogen (secondary N) is 1. The van der Waals surface area contributed by atoms with E-state index in [1.807, 2.05) is 59.2 Å². The van der Waals surface area contributed by atoms with Crippen molar-refractivity contribution >= 4 is 29.3 Å². The first-order valence-electron chi connectivity index (χ1n) is 8.41. The molecule has 3 rings (SSSR count). The van der Waals surface area contributed by atoms with Crippen LogP contribution in [0.4, 0.5) is 0 Å². The summed E-state index contributed by atoms with van der Waals surface area (Å²) in [7, 11) is 0. The molecule has 0 fully saturated rings. The van der Waals surface area contributed by atoms with Crippen LogP contribution < -0.4 is 5.32 Å². The maximum absolute atomic E-state index is 12.2. The highest BCUT2D eigenvalue weighted by atomic mass is 35.5. The van der Waals surface area contributed by atoms with Gasteiger partial charge in [-0.05, 0) is 17.7 Å². The summed E-state index contributed by atoms with van der Waals surface area (Å²) in [6.07, 6.45) is 1.77. The van der Waals surface area contributed by atoms with Crippen molar-refractivity contribution in [1.29, 1.82) is 0 Å². The predicted molar refractivity (Wildman–Crippen MR) is 110 cm³/mol. The summed E-state index contributed by atoms with van der Waals surface area (Å²) in [6, 6.07) is 17.3. The summed E-state index contributed by atoms with van der Waals surface area (Å²) in [5, 5.41) is 12.7. The summed E-state index contributed by atoms with van der Waals surface area (Å²) < 4.78 is 1.92. The lowest BCUT2D eigenvalue weighted by Gasteiger charge is -2.08. The number of amides is 1. The molecule has 1 amide bonds. The molecule has 3 aromatic rings. The molecule has 138 valence electrons. The summed E-state index contributed by atoms with van der Waals surface area (Å²) in [5.41, 5.74) is 1.94. The molecule has 0 atom stereocenters. The van der Waals surface area contributed by atoms with Crippen LogP contribution in [0, 0.1) is 0 Å². The molecule has 0 bridgehead atoms. The average Bonchev–Trinajstić information content (AvgIpc) is 3.08. The molecule has 2 aromatic carbocycles. The molecule has 0 saturated carbocycles. The normalized spacial score (nSPS) is 10.6. The fourth-order valence-corrected chi connectivity index (χ4v) is 3.48. The number of carbonyl (C=O) groups is 1. The third-order valence-electron chi connectivity index (χ3n) is 3.78. The van der Waals surface area contributed by atoms with Gasteiger partial charge < -0.3 is 5.32 Å². The Labute approximate surface area is 167 Å². The van der Waals surface area contributed by atoms with Gasteiger partial charge in [-0.1, -0.05) is 71.9 Å². The summed E-state index contributed by atoms with van der Waals surface area (Å²) >= 11 is 7.43. The van der Waals surface area contributed by atoms with E-state index < -0.39 is 0 Å². The van der Waals surface area contributed by atoms with Gasteiger partial charge in [0, 0.05) is 23.7 Å². The zero-order chi connectivity index (χ0) is 19.1. The molecule has 0 unspecified atom stereocenters. The van der Waals surface area contributed by atoms with Crippen molar-refractivity contribution in [2.45, 2.75) is 18.2 Å². The highest BCUT2D eigenvalue weighted by molar-refractivity contribution is 7.99. The van der Waals surface area contributed by atoms with E-state index in [4.69, 9.17) is 11.6 Å². The zero-order valence-electron chi connectivity index (χ0n) is 14.6. The number of thioether (sulfide) groups is 1. The Kier molecular flexibility index (Phi) is 6.68. The first kappa shape index (κ1) is 19.2. The molecule has 0 aliphatic rings. The summed E-state index contributed by atoms with van der Waals surface area (Å²) in [5.74, 6) is 0.906. The number of rotatable bonds is 8.